The number of rotatable bonds is 4. The average molecular weight is 313 g/mol. The molecule has 0 spiro atoms. The highest BCUT2D eigenvalue weighted by Gasteiger charge is 2.13. The molecule has 0 aliphatic rings. The van der Waals surface area contributed by atoms with Crippen LogP contribution in [0.25, 0.3) is 0 Å². The van der Waals surface area contributed by atoms with E-state index in [4.69, 9.17) is 9.63 Å². The van der Waals surface area contributed by atoms with Crippen molar-refractivity contribution in [1.82, 2.24) is 15.1 Å². The maximum atomic E-state index is 11.0. The highest BCUT2D eigenvalue weighted by molar-refractivity contribution is 9.10. The Hall–Kier alpha value is -1.96. The fraction of sp³-hybridized carbons (Fsp3) is 0.200. The molecule has 0 unspecified atom stereocenters. The van der Waals surface area contributed by atoms with Crippen molar-refractivity contribution >= 4 is 27.7 Å². The summed E-state index contributed by atoms with van der Waals surface area (Å²) >= 11 is 3.17. The number of carbonyl (C=O) groups is 1. The van der Waals surface area contributed by atoms with Crippen LogP contribution < -0.4 is 5.32 Å². The Kier molecular flexibility index (Phi) is 3.56. The SMILES string of the molecule is Cc1noc(CNc2ncc(Br)cc2C(=O)O)n1. The molecular weight excluding hydrogens is 304 g/mol. The highest BCUT2D eigenvalue weighted by Crippen LogP contribution is 2.18. The number of hydrogen-bond acceptors (Lipinski definition) is 6. The standard InChI is InChI=1S/C10H9BrN4O3/c1-5-14-8(18-15-5)4-13-9-7(10(16)17)2-6(11)3-12-9/h2-3H,4H2,1H3,(H,12,13)(H,16,17). The molecule has 0 aliphatic carbocycles. The van der Waals surface area contributed by atoms with Crippen molar-refractivity contribution < 1.29 is 14.4 Å². The van der Waals surface area contributed by atoms with Gasteiger partial charge in [0.25, 0.3) is 0 Å². The lowest BCUT2D eigenvalue weighted by atomic mass is 10.2. The number of aromatic carboxylic acids is 1. The first-order chi connectivity index (χ1) is 8.56. The van der Waals surface area contributed by atoms with E-state index in [1.165, 1.54) is 12.3 Å². The number of anilines is 1. The predicted molar refractivity (Wildman–Crippen MR) is 65.3 cm³/mol. The second-order valence-corrected chi connectivity index (χ2v) is 4.36. The molecule has 8 heteroatoms. The van der Waals surface area contributed by atoms with E-state index in [1.54, 1.807) is 6.92 Å². The van der Waals surface area contributed by atoms with E-state index in [2.05, 4.69) is 36.4 Å². The van der Waals surface area contributed by atoms with E-state index in [-0.39, 0.29) is 17.9 Å². The average Bonchev–Trinajstić information content (AvgIpc) is 2.73. The minimum atomic E-state index is -1.06. The van der Waals surface area contributed by atoms with Gasteiger partial charge in [0.05, 0.1) is 6.54 Å². The molecular formula is C10H9BrN4O3. The maximum Gasteiger partial charge on any atom is 0.339 e. The van der Waals surface area contributed by atoms with Crippen molar-refractivity contribution in [3.05, 3.63) is 34.0 Å². The highest BCUT2D eigenvalue weighted by atomic mass is 79.9. The molecule has 18 heavy (non-hydrogen) atoms. The fourth-order valence-electron chi connectivity index (χ4n) is 1.31. The number of hydrogen-bond donors (Lipinski definition) is 2. The van der Waals surface area contributed by atoms with Gasteiger partial charge in [-0.25, -0.2) is 9.78 Å². The topological polar surface area (TPSA) is 101 Å². The number of nitrogens with one attached hydrogen (secondary N) is 1. The molecule has 2 aromatic rings. The maximum absolute atomic E-state index is 11.0. The first-order valence-corrected chi connectivity index (χ1v) is 5.77. The summed E-state index contributed by atoms with van der Waals surface area (Å²) in [4.78, 5) is 19.0. The van der Waals surface area contributed by atoms with Crippen molar-refractivity contribution in [2.45, 2.75) is 13.5 Å². The normalized spacial score (nSPS) is 10.3. The second kappa shape index (κ2) is 5.13. The van der Waals surface area contributed by atoms with Crippen molar-refractivity contribution in [2.75, 3.05) is 5.32 Å². The fourth-order valence-corrected chi connectivity index (χ4v) is 1.65. The summed E-state index contributed by atoms with van der Waals surface area (Å²) in [6.07, 6.45) is 1.51. The van der Waals surface area contributed by atoms with Crippen LogP contribution in [0, 0.1) is 6.92 Å². The third-order valence-corrected chi connectivity index (χ3v) is 2.50. The lowest BCUT2D eigenvalue weighted by Gasteiger charge is -2.06. The summed E-state index contributed by atoms with van der Waals surface area (Å²) in [7, 11) is 0. The zero-order chi connectivity index (χ0) is 13.1. The van der Waals surface area contributed by atoms with Crippen LogP contribution in [-0.4, -0.2) is 26.2 Å². The molecule has 0 radical (unpaired) electrons. The summed E-state index contributed by atoms with van der Waals surface area (Å²) < 4.78 is 5.50. The van der Waals surface area contributed by atoms with Gasteiger partial charge < -0.3 is 14.9 Å². The Labute approximate surface area is 110 Å². The van der Waals surface area contributed by atoms with Crippen LogP contribution in [0.5, 0.6) is 0 Å². The van der Waals surface area contributed by atoms with Crippen LogP contribution >= 0.6 is 15.9 Å². The molecule has 7 nitrogen and oxygen atoms in total. The van der Waals surface area contributed by atoms with Gasteiger partial charge >= 0.3 is 5.97 Å². The molecule has 2 N–H and O–H groups in total. The van der Waals surface area contributed by atoms with Gasteiger partial charge in [-0.1, -0.05) is 5.16 Å². The number of aryl methyl sites for hydroxylation is 1. The van der Waals surface area contributed by atoms with Gasteiger partial charge in [-0.2, -0.15) is 4.98 Å². The van der Waals surface area contributed by atoms with Gasteiger partial charge in [0.15, 0.2) is 5.82 Å². The summed E-state index contributed by atoms with van der Waals surface area (Å²) in [6.45, 7) is 1.92. The molecule has 2 aromatic heterocycles. The lowest BCUT2D eigenvalue weighted by molar-refractivity contribution is 0.0697. The molecule has 0 saturated carbocycles. The van der Waals surface area contributed by atoms with E-state index in [1.807, 2.05) is 0 Å². The monoisotopic (exact) mass is 312 g/mol. The predicted octanol–water partition coefficient (Wildman–Crippen LogP) is 1.85. The van der Waals surface area contributed by atoms with Crippen LogP contribution in [0.15, 0.2) is 21.3 Å². The minimum absolute atomic E-state index is 0.0700. The minimum Gasteiger partial charge on any atom is -0.478 e. The van der Waals surface area contributed by atoms with E-state index >= 15 is 0 Å². The van der Waals surface area contributed by atoms with Crippen LogP contribution in [-0.2, 0) is 6.54 Å². The van der Waals surface area contributed by atoms with Gasteiger partial charge in [-0.05, 0) is 28.9 Å². The number of nitrogens with zero attached hydrogens (tertiary/aromatic N) is 3. The van der Waals surface area contributed by atoms with Crippen molar-refractivity contribution in [2.24, 2.45) is 0 Å². The third-order valence-electron chi connectivity index (χ3n) is 2.06. The number of aromatic nitrogens is 3. The Morgan fingerprint density at radius 2 is 2.39 bits per heavy atom. The zero-order valence-corrected chi connectivity index (χ0v) is 10.9. The van der Waals surface area contributed by atoms with Gasteiger partial charge in [-0.3, -0.25) is 0 Å². The van der Waals surface area contributed by atoms with Crippen LogP contribution in [0.2, 0.25) is 0 Å². The summed E-state index contributed by atoms with van der Waals surface area (Å²) in [6, 6.07) is 1.47. The number of halogens is 1. The lowest BCUT2D eigenvalue weighted by Crippen LogP contribution is -2.08. The van der Waals surface area contributed by atoms with Crippen LogP contribution in [0.1, 0.15) is 22.1 Å². The molecule has 0 aromatic carbocycles. The molecule has 2 heterocycles. The first kappa shape index (κ1) is 12.5. The third kappa shape index (κ3) is 2.83. The largest absolute Gasteiger partial charge is 0.478 e. The van der Waals surface area contributed by atoms with E-state index in [0.29, 0.717) is 16.2 Å². The molecule has 0 fully saturated rings. The van der Waals surface area contributed by atoms with Crippen molar-refractivity contribution in [1.29, 1.82) is 0 Å². The van der Waals surface area contributed by atoms with Crippen molar-refractivity contribution in [3.8, 4) is 0 Å². The smallest absolute Gasteiger partial charge is 0.339 e. The number of carboxylic acids is 1. The van der Waals surface area contributed by atoms with Gasteiger partial charge in [0, 0.05) is 10.7 Å². The van der Waals surface area contributed by atoms with Gasteiger partial charge in [0.2, 0.25) is 5.89 Å². The van der Waals surface area contributed by atoms with Crippen molar-refractivity contribution in [3.63, 3.8) is 0 Å². The van der Waals surface area contributed by atoms with Crippen LogP contribution in [0.3, 0.4) is 0 Å². The van der Waals surface area contributed by atoms with Gasteiger partial charge in [-0.15, -0.1) is 0 Å². The van der Waals surface area contributed by atoms with E-state index in [9.17, 15) is 4.79 Å². The van der Waals surface area contributed by atoms with Gasteiger partial charge in [0.1, 0.15) is 11.4 Å². The molecule has 94 valence electrons. The van der Waals surface area contributed by atoms with Crippen LogP contribution in [0.4, 0.5) is 5.82 Å². The second-order valence-electron chi connectivity index (χ2n) is 3.44. The summed E-state index contributed by atoms with van der Waals surface area (Å²) in [5.74, 6) is 0.0807. The molecule has 0 aliphatic heterocycles. The number of pyridine rings is 1. The molecule has 0 saturated heterocycles. The first-order valence-electron chi connectivity index (χ1n) is 4.98. The summed E-state index contributed by atoms with van der Waals surface area (Å²) in [5.41, 5.74) is 0.0700. The molecule has 0 atom stereocenters. The Morgan fingerprint density at radius 1 is 1.61 bits per heavy atom. The molecule has 0 bridgehead atoms. The molecule has 2 rings (SSSR count). The van der Waals surface area contributed by atoms with E-state index < -0.39 is 5.97 Å². The zero-order valence-electron chi connectivity index (χ0n) is 9.35. The number of carboxylic acid groups (broad SMARTS) is 1. The Balaban J connectivity index is 2.16. The summed E-state index contributed by atoms with van der Waals surface area (Å²) in [5, 5.41) is 15.5. The Bertz CT molecular complexity index is 584. The molecule has 0 amide bonds. The Morgan fingerprint density at radius 3 is 3.00 bits per heavy atom. The quantitative estimate of drug-likeness (QED) is 0.888. The van der Waals surface area contributed by atoms with E-state index in [0.717, 1.165) is 0 Å².